The highest BCUT2D eigenvalue weighted by molar-refractivity contribution is 7.93. The number of carbonyl (C=O) groups is 2. The normalized spacial score (nSPS) is 13.1. The highest BCUT2D eigenvalue weighted by atomic mass is 35.5. The fourth-order valence-corrected chi connectivity index (χ4v) is 5.27. The maximum absolute atomic E-state index is 13.0. The number of hydrogen-bond acceptors (Lipinski definition) is 5. The SMILES string of the molecule is Cc1cc2c(cc(C(=O)NC(CO)c3ccc(S(=O)(=O)C(C)(C)C(=O)O)cc3)n2C)c(Cl)c1Cl. The minimum absolute atomic E-state index is 0.178. The van der Waals surface area contributed by atoms with Crippen LogP contribution >= 0.6 is 23.2 Å². The molecule has 1 amide bonds. The zero-order valence-electron chi connectivity index (χ0n) is 18.9. The molecule has 1 atom stereocenters. The summed E-state index contributed by atoms with van der Waals surface area (Å²) in [5.74, 6) is -1.95. The van der Waals surface area contributed by atoms with Gasteiger partial charge in [0.2, 0.25) is 0 Å². The summed E-state index contributed by atoms with van der Waals surface area (Å²) >= 11 is 12.6. The molecule has 3 aromatic rings. The third-order valence-corrected chi connectivity index (χ3v) is 9.30. The summed E-state index contributed by atoms with van der Waals surface area (Å²) in [7, 11) is -2.45. The lowest BCUT2D eigenvalue weighted by Gasteiger charge is -2.21. The number of aryl methyl sites for hydroxylation is 2. The van der Waals surface area contributed by atoms with Gasteiger partial charge >= 0.3 is 5.97 Å². The highest BCUT2D eigenvalue weighted by Gasteiger charge is 2.43. The van der Waals surface area contributed by atoms with Crippen LogP contribution in [-0.4, -0.2) is 46.4 Å². The van der Waals surface area contributed by atoms with Gasteiger partial charge < -0.3 is 20.1 Å². The van der Waals surface area contributed by atoms with Crippen LogP contribution in [-0.2, 0) is 21.7 Å². The Bertz CT molecular complexity index is 1400. The molecule has 8 nitrogen and oxygen atoms in total. The predicted octanol–water partition coefficient (Wildman–Crippen LogP) is 3.89. The molecule has 1 unspecified atom stereocenters. The van der Waals surface area contributed by atoms with Gasteiger partial charge in [-0.15, -0.1) is 0 Å². The van der Waals surface area contributed by atoms with Crippen molar-refractivity contribution in [2.45, 2.75) is 36.5 Å². The number of amides is 1. The van der Waals surface area contributed by atoms with Crippen LogP contribution in [0.4, 0.5) is 0 Å². The topological polar surface area (TPSA) is 126 Å². The fourth-order valence-electron chi connectivity index (χ4n) is 3.50. The monoisotopic (exact) mass is 526 g/mol. The predicted molar refractivity (Wildman–Crippen MR) is 130 cm³/mol. The lowest BCUT2D eigenvalue weighted by atomic mass is 10.1. The Labute approximate surface area is 207 Å². The molecule has 11 heteroatoms. The van der Waals surface area contributed by atoms with Gasteiger partial charge in [-0.3, -0.25) is 9.59 Å². The fraction of sp³-hybridized carbons (Fsp3) is 0.304. The molecule has 0 aliphatic rings. The average molecular weight is 527 g/mol. The first-order valence-corrected chi connectivity index (χ1v) is 12.4. The van der Waals surface area contributed by atoms with E-state index in [4.69, 9.17) is 23.2 Å². The van der Waals surface area contributed by atoms with Gasteiger partial charge in [-0.2, -0.15) is 0 Å². The molecule has 1 heterocycles. The van der Waals surface area contributed by atoms with Crippen LogP contribution in [0.3, 0.4) is 0 Å². The molecule has 0 spiro atoms. The Hall–Kier alpha value is -2.59. The van der Waals surface area contributed by atoms with Crippen LogP contribution in [0.25, 0.3) is 10.9 Å². The molecule has 0 bridgehead atoms. The van der Waals surface area contributed by atoms with E-state index in [1.165, 1.54) is 24.3 Å². The number of hydrogen-bond donors (Lipinski definition) is 3. The summed E-state index contributed by atoms with van der Waals surface area (Å²) in [5.41, 5.74) is 2.22. The third kappa shape index (κ3) is 4.29. The molecule has 34 heavy (non-hydrogen) atoms. The van der Waals surface area contributed by atoms with Crippen molar-refractivity contribution >= 4 is 55.8 Å². The van der Waals surface area contributed by atoms with Crippen molar-refractivity contribution in [1.29, 1.82) is 0 Å². The standard InChI is InChI=1S/C23H24Cl2N2O6S/c1-12-9-17-15(20(25)19(12)24)10-18(27(17)4)21(29)26-16(11-28)13-5-7-14(8-6-13)34(32,33)23(2,3)22(30)31/h5-10,16,28H,11H2,1-4H3,(H,26,29)(H,30,31). The number of nitrogens with zero attached hydrogens (tertiary/aromatic N) is 1. The van der Waals surface area contributed by atoms with Crippen molar-refractivity contribution in [3.63, 3.8) is 0 Å². The van der Waals surface area contributed by atoms with E-state index in [-0.39, 0.29) is 4.90 Å². The molecule has 0 radical (unpaired) electrons. The van der Waals surface area contributed by atoms with Gasteiger partial charge in [0.05, 0.1) is 33.1 Å². The minimum Gasteiger partial charge on any atom is -0.480 e. The number of carboxylic acid groups (broad SMARTS) is 1. The van der Waals surface area contributed by atoms with Crippen LogP contribution in [0.2, 0.25) is 10.0 Å². The van der Waals surface area contributed by atoms with Crippen LogP contribution < -0.4 is 5.32 Å². The Morgan fingerprint density at radius 2 is 1.71 bits per heavy atom. The van der Waals surface area contributed by atoms with Crippen molar-refractivity contribution in [2.24, 2.45) is 7.05 Å². The van der Waals surface area contributed by atoms with Crippen molar-refractivity contribution < 1.29 is 28.2 Å². The molecule has 182 valence electrons. The smallest absolute Gasteiger partial charge is 0.324 e. The molecule has 0 saturated heterocycles. The maximum Gasteiger partial charge on any atom is 0.324 e. The molecule has 2 aromatic carbocycles. The first-order valence-electron chi connectivity index (χ1n) is 10.2. The van der Waals surface area contributed by atoms with E-state index in [1.54, 1.807) is 17.7 Å². The molecule has 3 rings (SSSR count). The third-order valence-electron chi connectivity index (χ3n) is 5.91. The van der Waals surface area contributed by atoms with E-state index in [0.717, 1.165) is 19.4 Å². The molecule has 3 N–H and O–H groups in total. The van der Waals surface area contributed by atoms with Gasteiger partial charge in [0.25, 0.3) is 5.91 Å². The largest absolute Gasteiger partial charge is 0.480 e. The van der Waals surface area contributed by atoms with Crippen molar-refractivity contribution in [2.75, 3.05) is 6.61 Å². The van der Waals surface area contributed by atoms with E-state index in [1.807, 2.05) is 13.0 Å². The molecule has 0 saturated carbocycles. The van der Waals surface area contributed by atoms with Crippen LogP contribution in [0.5, 0.6) is 0 Å². The summed E-state index contributed by atoms with van der Waals surface area (Å²) in [6.45, 7) is 3.58. The zero-order valence-corrected chi connectivity index (χ0v) is 21.2. The van der Waals surface area contributed by atoms with E-state index in [2.05, 4.69) is 5.32 Å². The molecule has 0 aliphatic heterocycles. The number of fused-ring (bicyclic) bond motifs is 1. The van der Waals surface area contributed by atoms with Gasteiger partial charge in [0.1, 0.15) is 5.69 Å². The zero-order chi connectivity index (χ0) is 25.6. The maximum atomic E-state index is 13.0. The molecular weight excluding hydrogens is 503 g/mol. The number of aliphatic hydroxyl groups is 1. The molecular formula is C23H24Cl2N2O6S. The number of aliphatic hydroxyl groups excluding tert-OH is 1. The molecule has 0 fully saturated rings. The van der Waals surface area contributed by atoms with Crippen LogP contribution in [0.1, 0.15) is 41.5 Å². The summed E-state index contributed by atoms with van der Waals surface area (Å²) in [6, 6.07) is 7.95. The lowest BCUT2D eigenvalue weighted by molar-refractivity contribution is -0.139. The van der Waals surface area contributed by atoms with Crippen molar-refractivity contribution in [1.82, 2.24) is 9.88 Å². The molecule has 0 aliphatic carbocycles. The Balaban J connectivity index is 1.90. The Kier molecular flexibility index (Phi) is 7.06. The number of sulfone groups is 1. The molecule has 1 aromatic heterocycles. The van der Waals surface area contributed by atoms with Crippen molar-refractivity contribution in [3.05, 3.63) is 63.3 Å². The first-order chi connectivity index (χ1) is 15.7. The Morgan fingerprint density at radius 3 is 2.24 bits per heavy atom. The highest BCUT2D eigenvalue weighted by Crippen LogP contribution is 2.35. The lowest BCUT2D eigenvalue weighted by Crippen LogP contribution is -2.40. The van der Waals surface area contributed by atoms with Crippen LogP contribution in [0, 0.1) is 6.92 Å². The van der Waals surface area contributed by atoms with Gasteiger partial charge in [0.15, 0.2) is 14.6 Å². The number of carbonyl (C=O) groups excluding carboxylic acids is 1. The summed E-state index contributed by atoms with van der Waals surface area (Å²) in [4.78, 5) is 24.2. The van der Waals surface area contributed by atoms with E-state index in [9.17, 15) is 28.2 Å². The van der Waals surface area contributed by atoms with E-state index in [0.29, 0.717) is 32.2 Å². The summed E-state index contributed by atoms with van der Waals surface area (Å²) < 4.78 is 25.0. The van der Waals surface area contributed by atoms with Gasteiger partial charge in [-0.1, -0.05) is 35.3 Å². The number of aliphatic carboxylic acids is 1. The number of aromatic nitrogens is 1. The second-order valence-corrected chi connectivity index (χ2v) is 11.7. The summed E-state index contributed by atoms with van der Waals surface area (Å²) in [5, 5.41) is 23.2. The van der Waals surface area contributed by atoms with Gasteiger partial charge in [-0.25, -0.2) is 8.42 Å². The second-order valence-electron chi connectivity index (χ2n) is 8.44. The first kappa shape index (κ1) is 26.0. The van der Waals surface area contributed by atoms with Gasteiger partial charge in [-0.05, 0) is 56.2 Å². The number of carboxylic acids is 1. The minimum atomic E-state index is -4.16. The second kappa shape index (κ2) is 9.22. The number of nitrogens with one attached hydrogen (secondary N) is 1. The number of rotatable bonds is 7. The summed E-state index contributed by atoms with van der Waals surface area (Å²) in [6.07, 6.45) is 0. The van der Waals surface area contributed by atoms with E-state index >= 15 is 0 Å². The van der Waals surface area contributed by atoms with Crippen LogP contribution in [0.15, 0.2) is 41.3 Å². The van der Waals surface area contributed by atoms with Gasteiger partial charge in [0, 0.05) is 12.4 Å². The number of halogens is 2. The average Bonchev–Trinajstić information content (AvgIpc) is 3.12. The van der Waals surface area contributed by atoms with E-state index < -0.39 is 39.1 Å². The quantitative estimate of drug-likeness (QED) is 0.428. The number of benzene rings is 2. The Morgan fingerprint density at radius 1 is 1.12 bits per heavy atom. The van der Waals surface area contributed by atoms with Crippen molar-refractivity contribution in [3.8, 4) is 0 Å².